The lowest BCUT2D eigenvalue weighted by Gasteiger charge is -2.08. The van der Waals surface area contributed by atoms with Crippen LogP contribution in [0.3, 0.4) is 0 Å². The largest absolute Gasteiger partial charge is 0.452 e. The molecule has 0 radical (unpaired) electrons. The van der Waals surface area contributed by atoms with Crippen LogP contribution in [0.25, 0.3) is 0 Å². The normalized spacial score (nSPS) is 10.4. The molecule has 0 aromatic heterocycles. The van der Waals surface area contributed by atoms with Gasteiger partial charge in [0.1, 0.15) is 5.75 Å². The predicted molar refractivity (Wildman–Crippen MR) is 96.9 cm³/mol. The van der Waals surface area contributed by atoms with Crippen LogP contribution in [-0.2, 0) is 9.53 Å². The van der Waals surface area contributed by atoms with Crippen LogP contribution in [-0.4, -0.2) is 36.3 Å². The molecule has 0 saturated heterocycles. The Morgan fingerprint density at radius 1 is 1.21 bits per heavy atom. The van der Waals surface area contributed by atoms with E-state index in [1.54, 1.807) is 6.26 Å². The van der Waals surface area contributed by atoms with Crippen LogP contribution < -0.4 is 10.1 Å². The fraction of sp³-hybridized carbons (Fsp3) is 0.176. The van der Waals surface area contributed by atoms with Crippen LogP contribution in [0.4, 0.5) is 20.2 Å². The highest BCUT2D eigenvalue weighted by Crippen LogP contribution is 2.28. The molecule has 2 aromatic carbocycles. The fourth-order valence-electron chi connectivity index (χ4n) is 2.09. The van der Waals surface area contributed by atoms with E-state index in [0.29, 0.717) is 4.90 Å². The lowest BCUT2D eigenvalue weighted by molar-refractivity contribution is -0.387. The SMILES string of the molecule is CSc1ccc(C(=O)OCC(=O)Nc2ccc(OC(F)F)cc2)cc1[N+](=O)[O-]. The Morgan fingerprint density at radius 3 is 2.46 bits per heavy atom. The van der Waals surface area contributed by atoms with Gasteiger partial charge in [0.15, 0.2) is 6.61 Å². The molecule has 1 N–H and O–H groups in total. The van der Waals surface area contributed by atoms with Gasteiger partial charge in [-0.3, -0.25) is 14.9 Å². The number of anilines is 1. The summed E-state index contributed by atoms with van der Waals surface area (Å²) in [5, 5.41) is 13.4. The van der Waals surface area contributed by atoms with Gasteiger partial charge in [0.2, 0.25) is 0 Å². The van der Waals surface area contributed by atoms with Crippen LogP contribution in [0.2, 0.25) is 0 Å². The number of halogens is 2. The number of amides is 1. The van der Waals surface area contributed by atoms with Gasteiger partial charge in [-0.25, -0.2) is 4.79 Å². The summed E-state index contributed by atoms with van der Waals surface area (Å²) in [5.74, 6) is -1.65. The molecule has 0 aliphatic carbocycles. The van der Waals surface area contributed by atoms with E-state index in [-0.39, 0.29) is 22.7 Å². The van der Waals surface area contributed by atoms with Gasteiger partial charge in [0.25, 0.3) is 11.6 Å². The molecular formula is C17H14F2N2O6S. The number of rotatable bonds is 8. The van der Waals surface area contributed by atoms with E-state index in [1.165, 1.54) is 36.4 Å². The molecule has 0 spiro atoms. The van der Waals surface area contributed by atoms with E-state index in [4.69, 9.17) is 4.74 Å². The van der Waals surface area contributed by atoms with E-state index in [2.05, 4.69) is 10.1 Å². The molecule has 28 heavy (non-hydrogen) atoms. The number of nitro benzene ring substituents is 1. The molecule has 1 amide bonds. The zero-order valence-electron chi connectivity index (χ0n) is 14.4. The summed E-state index contributed by atoms with van der Waals surface area (Å²) in [6, 6.07) is 9.00. The molecule has 0 atom stereocenters. The Balaban J connectivity index is 1.92. The number of hydrogen-bond donors (Lipinski definition) is 1. The number of nitrogens with one attached hydrogen (secondary N) is 1. The second kappa shape index (κ2) is 9.65. The monoisotopic (exact) mass is 412 g/mol. The van der Waals surface area contributed by atoms with Gasteiger partial charge in [0, 0.05) is 11.8 Å². The Bertz CT molecular complexity index is 876. The number of nitrogens with zero attached hydrogens (tertiary/aromatic N) is 1. The van der Waals surface area contributed by atoms with Gasteiger partial charge in [0.05, 0.1) is 15.4 Å². The molecule has 0 unspecified atom stereocenters. The van der Waals surface area contributed by atoms with Crippen LogP contribution in [0.15, 0.2) is 47.4 Å². The summed E-state index contributed by atoms with van der Waals surface area (Å²) < 4.78 is 33.2. The lowest BCUT2D eigenvalue weighted by atomic mass is 10.2. The number of ether oxygens (including phenoxy) is 2. The number of nitro groups is 1. The maximum absolute atomic E-state index is 12.1. The van der Waals surface area contributed by atoms with Crippen LogP contribution >= 0.6 is 11.8 Å². The zero-order chi connectivity index (χ0) is 20.7. The second-order valence-electron chi connectivity index (χ2n) is 5.17. The molecule has 2 rings (SSSR count). The summed E-state index contributed by atoms with van der Waals surface area (Å²) >= 11 is 1.16. The van der Waals surface area contributed by atoms with Gasteiger partial charge in [-0.2, -0.15) is 8.78 Å². The number of benzene rings is 2. The topological polar surface area (TPSA) is 108 Å². The van der Waals surface area contributed by atoms with Gasteiger partial charge in [-0.1, -0.05) is 0 Å². The Kier molecular flexibility index (Phi) is 7.27. The first-order valence-electron chi connectivity index (χ1n) is 7.64. The van der Waals surface area contributed by atoms with Crippen molar-refractivity contribution in [3.63, 3.8) is 0 Å². The first-order chi connectivity index (χ1) is 13.3. The Hall–Kier alpha value is -3.21. The van der Waals surface area contributed by atoms with Crippen molar-refractivity contribution in [2.24, 2.45) is 0 Å². The molecule has 0 bridgehead atoms. The van der Waals surface area contributed by atoms with Gasteiger partial charge in [-0.15, -0.1) is 11.8 Å². The van der Waals surface area contributed by atoms with E-state index in [0.717, 1.165) is 17.8 Å². The minimum absolute atomic E-state index is 0.0641. The van der Waals surface area contributed by atoms with Crippen molar-refractivity contribution in [1.29, 1.82) is 0 Å². The first-order valence-corrected chi connectivity index (χ1v) is 8.87. The molecule has 0 heterocycles. The minimum atomic E-state index is -2.96. The molecule has 0 aliphatic heterocycles. The summed E-state index contributed by atoms with van der Waals surface area (Å²) in [6.07, 6.45) is 1.66. The third-order valence-electron chi connectivity index (χ3n) is 3.31. The van der Waals surface area contributed by atoms with E-state index < -0.39 is 30.0 Å². The molecule has 8 nitrogen and oxygen atoms in total. The number of thioether (sulfide) groups is 1. The highest BCUT2D eigenvalue weighted by molar-refractivity contribution is 7.98. The van der Waals surface area contributed by atoms with Gasteiger partial charge in [-0.05, 0) is 42.7 Å². The average Bonchev–Trinajstić information content (AvgIpc) is 2.66. The van der Waals surface area contributed by atoms with Crippen molar-refractivity contribution in [1.82, 2.24) is 0 Å². The predicted octanol–water partition coefficient (Wildman–Crippen LogP) is 3.71. The summed E-state index contributed by atoms with van der Waals surface area (Å²) in [5.41, 5.74) is -0.0223. The van der Waals surface area contributed by atoms with Crippen molar-refractivity contribution >= 4 is 35.0 Å². The maximum atomic E-state index is 12.1. The Morgan fingerprint density at radius 2 is 1.89 bits per heavy atom. The quantitative estimate of drug-likeness (QED) is 0.305. The average molecular weight is 412 g/mol. The third-order valence-corrected chi connectivity index (χ3v) is 4.09. The standard InChI is InChI=1S/C17H14F2N2O6S/c1-28-14-7-2-10(8-13(14)21(24)25)16(23)26-9-15(22)20-11-3-5-12(6-4-11)27-17(18)19/h2-8,17H,9H2,1H3,(H,20,22). The van der Waals surface area contributed by atoms with E-state index in [9.17, 15) is 28.5 Å². The Labute approximate surface area is 162 Å². The summed E-state index contributed by atoms with van der Waals surface area (Å²) in [6.45, 7) is -3.59. The summed E-state index contributed by atoms with van der Waals surface area (Å²) in [7, 11) is 0. The third kappa shape index (κ3) is 5.91. The number of alkyl halides is 2. The van der Waals surface area contributed by atoms with Crippen LogP contribution in [0.5, 0.6) is 5.75 Å². The second-order valence-corrected chi connectivity index (χ2v) is 6.02. The minimum Gasteiger partial charge on any atom is -0.452 e. The van der Waals surface area contributed by atoms with Crippen molar-refractivity contribution < 1.29 is 32.8 Å². The van der Waals surface area contributed by atoms with Crippen molar-refractivity contribution in [3.05, 3.63) is 58.1 Å². The molecule has 0 fully saturated rings. The lowest BCUT2D eigenvalue weighted by Crippen LogP contribution is -2.21. The number of esters is 1. The molecule has 0 aliphatic rings. The van der Waals surface area contributed by atoms with Crippen molar-refractivity contribution in [3.8, 4) is 5.75 Å². The number of carbonyl (C=O) groups excluding carboxylic acids is 2. The highest BCUT2D eigenvalue weighted by atomic mass is 32.2. The highest BCUT2D eigenvalue weighted by Gasteiger charge is 2.18. The number of carbonyl (C=O) groups is 2. The molecule has 148 valence electrons. The zero-order valence-corrected chi connectivity index (χ0v) is 15.2. The van der Waals surface area contributed by atoms with Crippen molar-refractivity contribution in [2.75, 3.05) is 18.2 Å². The number of hydrogen-bond acceptors (Lipinski definition) is 7. The van der Waals surface area contributed by atoms with Gasteiger partial charge < -0.3 is 14.8 Å². The van der Waals surface area contributed by atoms with Crippen LogP contribution in [0.1, 0.15) is 10.4 Å². The molecular weight excluding hydrogens is 398 g/mol. The maximum Gasteiger partial charge on any atom is 0.387 e. The molecule has 11 heteroatoms. The van der Waals surface area contributed by atoms with E-state index in [1.807, 2.05) is 0 Å². The van der Waals surface area contributed by atoms with Gasteiger partial charge >= 0.3 is 12.6 Å². The first kappa shape index (κ1) is 21.1. The van der Waals surface area contributed by atoms with E-state index >= 15 is 0 Å². The fourth-order valence-corrected chi connectivity index (χ4v) is 2.64. The summed E-state index contributed by atoms with van der Waals surface area (Å²) in [4.78, 5) is 34.6. The molecule has 2 aromatic rings. The van der Waals surface area contributed by atoms with Crippen molar-refractivity contribution in [2.45, 2.75) is 11.5 Å². The van der Waals surface area contributed by atoms with Crippen LogP contribution in [0, 0.1) is 10.1 Å². The molecule has 0 saturated carbocycles. The smallest absolute Gasteiger partial charge is 0.387 e.